The molecule has 0 aromatic heterocycles. The molecule has 0 aliphatic carbocycles. The summed E-state index contributed by atoms with van der Waals surface area (Å²) in [6, 6.07) is 0. The summed E-state index contributed by atoms with van der Waals surface area (Å²) in [7, 11) is -1.85. The average molecular weight is 253 g/mol. The molecule has 0 atom stereocenters. The highest BCUT2D eigenvalue weighted by atomic mass is 32.2. The fourth-order valence-electron chi connectivity index (χ4n) is 0.940. The van der Waals surface area contributed by atoms with E-state index in [1.807, 2.05) is 0 Å². The molecule has 1 amide bonds. The molecule has 0 heterocycles. The molecule has 96 valence electrons. The van der Waals surface area contributed by atoms with Crippen LogP contribution in [0.1, 0.15) is 6.42 Å². The minimum Gasteiger partial charge on any atom is -0.383 e. The summed E-state index contributed by atoms with van der Waals surface area (Å²) in [5.41, 5.74) is 0. The first-order chi connectivity index (χ1) is 7.45. The van der Waals surface area contributed by atoms with E-state index in [4.69, 9.17) is 9.88 Å². The van der Waals surface area contributed by atoms with Crippen LogP contribution < -0.4 is 15.8 Å². The quantitative estimate of drug-likeness (QED) is 0.412. The van der Waals surface area contributed by atoms with Crippen molar-refractivity contribution >= 4 is 15.9 Å². The molecule has 7 nitrogen and oxygen atoms in total. The van der Waals surface area contributed by atoms with E-state index in [0.29, 0.717) is 26.1 Å². The molecule has 0 bridgehead atoms. The molecule has 0 rings (SSSR count). The second-order valence-electron chi connectivity index (χ2n) is 3.24. The van der Waals surface area contributed by atoms with Crippen molar-refractivity contribution in [1.29, 1.82) is 0 Å². The van der Waals surface area contributed by atoms with E-state index in [-0.39, 0.29) is 18.2 Å². The summed E-state index contributed by atoms with van der Waals surface area (Å²) in [6.45, 7) is 1.64. The van der Waals surface area contributed by atoms with E-state index in [1.165, 1.54) is 0 Å². The van der Waals surface area contributed by atoms with Crippen molar-refractivity contribution in [3.63, 3.8) is 0 Å². The van der Waals surface area contributed by atoms with Crippen LogP contribution >= 0.6 is 0 Å². The molecule has 0 radical (unpaired) electrons. The Bertz CT molecular complexity index is 292. The molecule has 0 aromatic carbocycles. The van der Waals surface area contributed by atoms with Crippen molar-refractivity contribution in [3.8, 4) is 0 Å². The van der Waals surface area contributed by atoms with E-state index in [1.54, 1.807) is 7.11 Å². The minimum atomic E-state index is -3.43. The number of primary sulfonamides is 1. The fourth-order valence-corrected chi connectivity index (χ4v) is 1.49. The lowest BCUT2D eigenvalue weighted by Crippen LogP contribution is -2.36. The Balaban J connectivity index is 3.37. The topological polar surface area (TPSA) is 111 Å². The first-order valence-corrected chi connectivity index (χ1v) is 6.64. The third-order valence-corrected chi connectivity index (χ3v) is 2.55. The Labute approximate surface area is 95.8 Å². The van der Waals surface area contributed by atoms with Gasteiger partial charge in [0, 0.05) is 20.2 Å². The van der Waals surface area contributed by atoms with Crippen LogP contribution in [0.5, 0.6) is 0 Å². The Hall–Kier alpha value is -0.700. The van der Waals surface area contributed by atoms with Gasteiger partial charge in [0.05, 0.1) is 18.9 Å². The highest BCUT2D eigenvalue weighted by Crippen LogP contribution is 1.83. The van der Waals surface area contributed by atoms with Crippen LogP contribution in [0.2, 0.25) is 0 Å². The number of ether oxygens (including phenoxy) is 1. The van der Waals surface area contributed by atoms with Gasteiger partial charge in [-0.3, -0.25) is 4.79 Å². The summed E-state index contributed by atoms with van der Waals surface area (Å²) >= 11 is 0. The Morgan fingerprint density at radius 2 is 2.06 bits per heavy atom. The number of methoxy groups -OCH3 is 1. The molecule has 8 heteroatoms. The van der Waals surface area contributed by atoms with Gasteiger partial charge in [-0.15, -0.1) is 0 Å². The van der Waals surface area contributed by atoms with Gasteiger partial charge in [-0.2, -0.15) is 0 Å². The molecular weight excluding hydrogens is 234 g/mol. The van der Waals surface area contributed by atoms with Gasteiger partial charge >= 0.3 is 0 Å². The van der Waals surface area contributed by atoms with E-state index in [9.17, 15) is 13.2 Å². The van der Waals surface area contributed by atoms with E-state index >= 15 is 0 Å². The molecule has 4 N–H and O–H groups in total. The lowest BCUT2D eigenvalue weighted by molar-refractivity contribution is -0.120. The van der Waals surface area contributed by atoms with E-state index in [2.05, 4.69) is 10.6 Å². The second kappa shape index (κ2) is 8.45. The minimum absolute atomic E-state index is 0.121. The molecule has 0 saturated carbocycles. The van der Waals surface area contributed by atoms with Gasteiger partial charge in [-0.05, 0) is 6.42 Å². The van der Waals surface area contributed by atoms with Gasteiger partial charge in [0.1, 0.15) is 0 Å². The SMILES string of the molecule is COCCNCC(=O)NCCCS(N)(=O)=O. The summed E-state index contributed by atoms with van der Waals surface area (Å²) < 4.78 is 25.9. The van der Waals surface area contributed by atoms with Crippen LogP contribution in [-0.4, -0.2) is 53.4 Å². The maximum absolute atomic E-state index is 11.1. The number of nitrogens with one attached hydrogen (secondary N) is 2. The molecule has 0 aliphatic heterocycles. The second-order valence-corrected chi connectivity index (χ2v) is 4.97. The smallest absolute Gasteiger partial charge is 0.233 e. The van der Waals surface area contributed by atoms with Crippen LogP contribution in [0, 0.1) is 0 Å². The van der Waals surface area contributed by atoms with E-state index in [0.717, 1.165) is 0 Å². The number of carbonyl (C=O) groups is 1. The number of nitrogens with two attached hydrogens (primary N) is 1. The summed E-state index contributed by atoms with van der Waals surface area (Å²) in [4.78, 5) is 11.1. The van der Waals surface area contributed by atoms with Crippen molar-refractivity contribution < 1.29 is 17.9 Å². The molecule has 0 spiro atoms. The van der Waals surface area contributed by atoms with Crippen molar-refractivity contribution in [2.75, 3.05) is 39.1 Å². The molecule has 0 aromatic rings. The average Bonchev–Trinajstić information content (AvgIpc) is 2.18. The zero-order valence-corrected chi connectivity index (χ0v) is 10.2. The van der Waals surface area contributed by atoms with Crippen LogP contribution in [-0.2, 0) is 19.6 Å². The van der Waals surface area contributed by atoms with Gasteiger partial charge in [-0.25, -0.2) is 13.6 Å². The standard InChI is InChI=1S/C8H19N3O4S/c1-15-5-4-10-7-8(12)11-3-2-6-16(9,13)14/h10H,2-7H2,1H3,(H,11,12)(H2,9,13,14). The Kier molecular flexibility index (Phi) is 8.08. The van der Waals surface area contributed by atoms with Crippen LogP contribution in [0.3, 0.4) is 0 Å². The number of hydrogen-bond acceptors (Lipinski definition) is 5. The number of rotatable bonds is 9. The highest BCUT2D eigenvalue weighted by molar-refractivity contribution is 7.89. The van der Waals surface area contributed by atoms with E-state index < -0.39 is 10.0 Å². The monoisotopic (exact) mass is 253 g/mol. The first kappa shape index (κ1) is 15.3. The summed E-state index contributed by atoms with van der Waals surface area (Å²) in [5.74, 6) is -0.296. The maximum Gasteiger partial charge on any atom is 0.233 e. The zero-order valence-electron chi connectivity index (χ0n) is 9.36. The first-order valence-electron chi connectivity index (χ1n) is 4.92. The predicted molar refractivity (Wildman–Crippen MR) is 60.3 cm³/mol. The van der Waals surface area contributed by atoms with Crippen molar-refractivity contribution in [2.45, 2.75) is 6.42 Å². The molecule has 16 heavy (non-hydrogen) atoms. The third-order valence-electron chi connectivity index (χ3n) is 1.70. The van der Waals surface area contributed by atoms with Crippen LogP contribution in [0.15, 0.2) is 0 Å². The number of sulfonamides is 1. The predicted octanol–water partition coefficient (Wildman–Crippen LogP) is -1.98. The van der Waals surface area contributed by atoms with Gasteiger partial charge in [0.15, 0.2) is 0 Å². The number of carbonyl (C=O) groups excluding carboxylic acids is 1. The highest BCUT2D eigenvalue weighted by Gasteiger charge is 2.03. The van der Waals surface area contributed by atoms with Crippen LogP contribution in [0.4, 0.5) is 0 Å². The molecular formula is C8H19N3O4S. The largest absolute Gasteiger partial charge is 0.383 e. The van der Waals surface area contributed by atoms with Gasteiger partial charge < -0.3 is 15.4 Å². The normalized spacial score (nSPS) is 11.4. The lowest BCUT2D eigenvalue weighted by Gasteiger charge is -2.05. The fraction of sp³-hybridized carbons (Fsp3) is 0.875. The van der Waals surface area contributed by atoms with Gasteiger partial charge in [0.2, 0.25) is 15.9 Å². The Morgan fingerprint density at radius 3 is 2.62 bits per heavy atom. The lowest BCUT2D eigenvalue weighted by atomic mass is 10.4. The zero-order chi connectivity index (χ0) is 12.4. The van der Waals surface area contributed by atoms with Crippen molar-refractivity contribution in [1.82, 2.24) is 10.6 Å². The Morgan fingerprint density at radius 1 is 1.38 bits per heavy atom. The van der Waals surface area contributed by atoms with Gasteiger partial charge in [0.25, 0.3) is 0 Å². The molecule has 0 unspecified atom stereocenters. The van der Waals surface area contributed by atoms with Crippen molar-refractivity contribution in [3.05, 3.63) is 0 Å². The van der Waals surface area contributed by atoms with Gasteiger partial charge in [-0.1, -0.05) is 0 Å². The van der Waals surface area contributed by atoms with Crippen molar-refractivity contribution in [2.24, 2.45) is 5.14 Å². The third kappa shape index (κ3) is 11.4. The number of hydrogen-bond donors (Lipinski definition) is 3. The molecule has 0 saturated heterocycles. The number of amides is 1. The molecule has 0 fully saturated rings. The maximum atomic E-state index is 11.1. The summed E-state index contributed by atoms with van der Waals surface area (Å²) in [6.07, 6.45) is 0.322. The summed E-state index contributed by atoms with van der Waals surface area (Å²) in [5, 5.41) is 10.2. The molecule has 0 aliphatic rings. The van der Waals surface area contributed by atoms with Crippen LogP contribution in [0.25, 0.3) is 0 Å².